The Bertz CT molecular complexity index is 715. The monoisotopic (exact) mass is 411 g/mol. The molecular formula is C20H33NO4SSi. The van der Waals surface area contributed by atoms with E-state index in [4.69, 9.17) is 4.74 Å². The van der Waals surface area contributed by atoms with E-state index in [1.807, 2.05) is 30.3 Å². The van der Waals surface area contributed by atoms with Gasteiger partial charge in [-0.1, -0.05) is 50.0 Å². The smallest absolute Gasteiger partial charge is 0.307 e. The molecule has 2 atom stereocenters. The molecule has 1 aliphatic heterocycles. The number of nitrogens with zero attached hydrogens (tertiary/aromatic N) is 1. The second kappa shape index (κ2) is 9.34. The molecule has 1 aliphatic rings. The predicted molar refractivity (Wildman–Crippen MR) is 112 cm³/mol. The Balaban J connectivity index is 2.34. The SMILES string of the molecule is CCOC(=O)CC1CCCC(c2ccccc2)N1S(=O)(=O)CC[Si](C)(C)C. The number of piperidine rings is 1. The average Bonchev–Trinajstić information content (AvgIpc) is 2.60. The fourth-order valence-corrected chi connectivity index (χ4v) is 8.55. The van der Waals surface area contributed by atoms with E-state index in [1.54, 1.807) is 11.2 Å². The van der Waals surface area contributed by atoms with Crippen molar-refractivity contribution in [1.29, 1.82) is 0 Å². The van der Waals surface area contributed by atoms with E-state index < -0.39 is 18.1 Å². The molecule has 5 nitrogen and oxygen atoms in total. The van der Waals surface area contributed by atoms with Crippen LogP contribution in [0.1, 0.15) is 44.2 Å². The van der Waals surface area contributed by atoms with Gasteiger partial charge in [0.1, 0.15) is 0 Å². The van der Waals surface area contributed by atoms with Crippen molar-refractivity contribution in [3.8, 4) is 0 Å². The van der Waals surface area contributed by atoms with Gasteiger partial charge in [-0.2, -0.15) is 4.31 Å². The molecule has 1 aromatic rings. The Morgan fingerprint density at radius 3 is 2.44 bits per heavy atom. The molecule has 2 unspecified atom stereocenters. The molecule has 1 aromatic carbocycles. The molecule has 0 radical (unpaired) electrons. The van der Waals surface area contributed by atoms with Crippen molar-refractivity contribution in [2.45, 2.75) is 70.4 Å². The molecule has 0 N–H and O–H groups in total. The summed E-state index contributed by atoms with van der Waals surface area (Å²) in [5.74, 6) is -0.160. The third-order valence-electron chi connectivity index (χ3n) is 5.01. The lowest BCUT2D eigenvalue weighted by Gasteiger charge is -2.41. The van der Waals surface area contributed by atoms with Gasteiger partial charge in [0, 0.05) is 14.1 Å². The number of rotatable bonds is 8. The lowest BCUT2D eigenvalue weighted by atomic mass is 9.92. The Kier molecular flexibility index (Phi) is 7.65. The van der Waals surface area contributed by atoms with E-state index in [0.717, 1.165) is 24.4 Å². The van der Waals surface area contributed by atoms with E-state index in [2.05, 4.69) is 19.6 Å². The molecule has 1 heterocycles. The normalized spacial score (nSPS) is 21.8. The molecule has 1 fully saturated rings. The van der Waals surface area contributed by atoms with Crippen LogP contribution in [0.3, 0.4) is 0 Å². The van der Waals surface area contributed by atoms with Gasteiger partial charge in [-0.05, 0) is 37.8 Å². The fraction of sp³-hybridized carbons (Fsp3) is 0.650. The predicted octanol–water partition coefficient (Wildman–Crippen LogP) is 4.20. The highest BCUT2D eigenvalue weighted by atomic mass is 32.2. The first-order valence-corrected chi connectivity index (χ1v) is 15.2. The van der Waals surface area contributed by atoms with E-state index >= 15 is 0 Å². The van der Waals surface area contributed by atoms with Crippen molar-refractivity contribution in [2.75, 3.05) is 12.4 Å². The highest BCUT2D eigenvalue weighted by molar-refractivity contribution is 7.89. The topological polar surface area (TPSA) is 63.7 Å². The van der Waals surface area contributed by atoms with Gasteiger partial charge in [-0.25, -0.2) is 8.42 Å². The standard InChI is InChI=1S/C20H33NO4SSi/c1-5-25-20(22)16-18-12-9-13-19(17-10-7-6-8-11-17)21(18)26(23,24)14-15-27(2,3)4/h6-8,10-11,18-19H,5,9,12-16H2,1-4H3. The highest BCUT2D eigenvalue weighted by Crippen LogP contribution is 2.38. The van der Waals surface area contributed by atoms with Crippen LogP contribution in [0.4, 0.5) is 0 Å². The first-order valence-electron chi connectivity index (χ1n) is 9.86. The molecule has 0 bridgehead atoms. The van der Waals surface area contributed by atoms with Gasteiger partial charge in [-0.3, -0.25) is 4.79 Å². The lowest BCUT2D eigenvalue weighted by molar-refractivity contribution is -0.144. The van der Waals surface area contributed by atoms with Gasteiger partial charge in [0.2, 0.25) is 10.0 Å². The summed E-state index contributed by atoms with van der Waals surface area (Å²) in [6, 6.07) is 9.98. The summed E-state index contributed by atoms with van der Waals surface area (Å²) in [4.78, 5) is 12.1. The van der Waals surface area contributed by atoms with Crippen molar-refractivity contribution in [2.24, 2.45) is 0 Å². The molecule has 0 amide bonds. The van der Waals surface area contributed by atoms with Crippen LogP contribution in [-0.4, -0.2) is 45.2 Å². The van der Waals surface area contributed by atoms with E-state index in [0.29, 0.717) is 13.0 Å². The molecule has 7 heteroatoms. The second-order valence-electron chi connectivity index (χ2n) is 8.48. The first-order chi connectivity index (χ1) is 12.6. The summed E-state index contributed by atoms with van der Waals surface area (Å²) in [5.41, 5.74) is 1.00. The summed E-state index contributed by atoms with van der Waals surface area (Å²) in [6.45, 7) is 8.64. The van der Waals surface area contributed by atoms with Gasteiger partial charge in [-0.15, -0.1) is 0 Å². The summed E-state index contributed by atoms with van der Waals surface area (Å²) >= 11 is 0. The molecule has 1 saturated heterocycles. The molecular weight excluding hydrogens is 378 g/mol. The van der Waals surface area contributed by atoms with Gasteiger partial charge in [0.15, 0.2) is 0 Å². The van der Waals surface area contributed by atoms with Crippen LogP contribution in [0.25, 0.3) is 0 Å². The van der Waals surface area contributed by atoms with Crippen LogP contribution in [0.5, 0.6) is 0 Å². The zero-order chi connectivity index (χ0) is 20.1. The van der Waals surface area contributed by atoms with Crippen LogP contribution >= 0.6 is 0 Å². The zero-order valence-corrected chi connectivity index (χ0v) is 18.8. The number of hydrogen-bond acceptors (Lipinski definition) is 4. The lowest BCUT2D eigenvalue weighted by Crippen LogP contribution is -2.48. The van der Waals surface area contributed by atoms with E-state index in [-0.39, 0.29) is 30.2 Å². The first kappa shape index (κ1) is 22.1. The second-order valence-corrected chi connectivity index (χ2v) is 16.1. The number of benzene rings is 1. The third-order valence-corrected chi connectivity index (χ3v) is 9.03. The van der Waals surface area contributed by atoms with Gasteiger partial charge >= 0.3 is 5.97 Å². The van der Waals surface area contributed by atoms with Gasteiger partial charge in [0.05, 0.1) is 24.8 Å². The van der Waals surface area contributed by atoms with E-state index in [1.165, 1.54) is 0 Å². The van der Waals surface area contributed by atoms with Crippen molar-refractivity contribution in [1.82, 2.24) is 4.31 Å². The van der Waals surface area contributed by atoms with Crippen LogP contribution in [-0.2, 0) is 19.6 Å². The molecule has 0 saturated carbocycles. The average molecular weight is 412 g/mol. The fourth-order valence-electron chi connectivity index (χ4n) is 3.61. The Labute approximate surface area is 165 Å². The maximum absolute atomic E-state index is 13.4. The molecule has 0 aromatic heterocycles. The third kappa shape index (κ3) is 6.43. The van der Waals surface area contributed by atoms with Crippen LogP contribution in [0.15, 0.2) is 30.3 Å². The number of hydrogen-bond donors (Lipinski definition) is 0. The Morgan fingerprint density at radius 2 is 1.85 bits per heavy atom. The number of carbonyl (C=O) groups is 1. The largest absolute Gasteiger partial charge is 0.466 e. The van der Waals surface area contributed by atoms with Crippen LogP contribution < -0.4 is 0 Å². The van der Waals surface area contributed by atoms with Gasteiger partial charge < -0.3 is 4.74 Å². The highest BCUT2D eigenvalue weighted by Gasteiger charge is 2.41. The van der Waals surface area contributed by atoms with E-state index in [9.17, 15) is 13.2 Å². The minimum Gasteiger partial charge on any atom is -0.466 e. The number of sulfonamides is 1. The summed E-state index contributed by atoms with van der Waals surface area (Å²) in [6.07, 6.45) is 2.52. The summed E-state index contributed by atoms with van der Waals surface area (Å²) in [5, 5.41) is 0. The van der Waals surface area contributed by atoms with Crippen molar-refractivity contribution in [3.63, 3.8) is 0 Å². The van der Waals surface area contributed by atoms with Crippen molar-refractivity contribution >= 4 is 24.1 Å². The Morgan fingerprint density at radius 1 is 1.19 bits per heavy atom. The van der Waals surface area contributed by atoms with Crippen LogP contribution in [0, 0.1) is 0 Å². The summed E-state index contributed by atoms with van der Waals surface area (Å²) in [7, 11) is -4.96. The molecule has 2 rings (SSSR count). The molecule has 152 valence electrons. The molecule has 27 heavy (non-hydrogen) atoms. The maximum Gasteiger partial charge on any atom is 0.307 e. The van der Waals surface area contributed by atoms with Crippen LogP contribution in [0.2, 0.25) is 25.7 Å². The minimum absolute atomic E-state index is 0.128. The Hall–Kier alpha value is -1.18. The molecule has 0 spiro atoms. The number of ether oxygens (including phenoxy) is 1. The van der Waals surface area contributed by atoms with Crippen molar-refractivity contribution < 1.29 is 17.9 Å². The quantitative estimate of drug-likeness (QED) is 0.475. The minimum atomic E-state index is -3.46. The zero-order valence-electron chi connectivity index (χ0n) is 17.0. The van der Waals surface area contributed by atoms with Crippen molar-refractivity contribution in [3.05, 3.63) is 35.9 Å². The maximum atomic E-state index is 13.4. The van der Waals surface area contributed by atoms with Gasteiger partial charge in [0.25, 0.3) is 0 Å². The summed E-state index contributed by atoms with van der Waals surface area (Å²) < 4.78 is 33.5. The number of carbonyl (C=O) groups excluding carboxylic acids is 1. The molecule has 0 aliphatic carbocycles. The number of esters is 1.